The summed E-state index contributed by atoms with van der Waals surface area (Å²) in [7, 11) is 3.14. The van der Waals surface area contributed by atoms with Crippen molar-refractivity contribution in [2.75, 3.05) is 14.2 Å². The monoisotopic (exact) mass is 596 g/mol. The van der Waals surface area contributed by atoms with E-state index in [1.165, 1.54) is 51.4 Å². The van der Waals surface area contributed by atoms with Crippen LogP contribution in [0, 0.1) is 24.6 Å². The van der Waals surface area contributed by atoms with Gasteiger partial charge in [-0.3, -0.25) is 0 Å². The van der Waals surface area contributed by atoms with Gasteiger partial charge in [0.15, 0.2) is 0 Å². The lowest BCUT2D eigenvalue weighted by Gasteiger charge is -2.15. The second-order valence-corrected chi connectivity index (χ2v) is 11.0. The van der Waals surface area contributed by atoms with E-state index in [4.69, 9.17) is 4.74 Å². The molecular formula is C36H50F2N2OS. The van der Waals surface area contributed by atoms with Crippen LogP contribution in [-0.2, 0) is 6.42 Å². The van der Waals surface area contributed by atoms with Crippen molar-refractivity contribution in [2.45, 2.75) is 80.1 Å². The van der Waals surface area contributed by atoms with Gasteiger partial charge in [0, 0.05) is 26.7 Å². The second kappa shape index (κ2) is 19.9. The maximum absolute atomic E-state index is 13.6. The average Bonchev–Trinajstić information content (AvgIpc) is 3.38. The van der Waals surface area contributed by atoms with Gasteiger partial charge in [0.1, 0.15) is 11.6 Å². The van der Waals surface area contributed by atoms with E-state index in [0.29, 0.717) is 5.56 Å². The first-order valence-corrected chi connectivity index (χ1v) is 15.8. The van der Waals surface area contributed by atoms with Gasteiger partial charge < -0.3 is 10.5 Å². The molecule has 2 aromatic carbocycles. The van der Waals surface area contributed by atoms with Crippen LogP contribution >= 0.6 is 11.3 Å². The molecule has 1 aliphatic carbocycles. The Kier molecular flexibility index (Phi) is 17.5. The predicted molar refractivity (Wildman–Crippen MR) is 180 cm³/mol. The van der Waals surface area contributed by atoms with E-state index in [1.54, 1.807) is 36.6 Å². The van der Waals surface area contributed by atoms with Crippen molar-refractivity contribution in [3.8, 4) is 16.9 Å². The number of hydrogen-bond donors (Lipinski definition) is 1. The summed E-state index contributed by atoms with van der Waals surface area (Å²) in [5.41, 5.74) is 8.92. The van der Waals surface area contributed by atoms with Crippen LogP contribution in [0.2, 0.25) is 0 Å². The van der Waals surface area contributed by atoms with Gasteiger partial charge >= 0.3 is 0 Å². The fraction of sp³-hybridized carbons (Fsp3) is 0.417. The molecule has 6 heteroatoms. The number of thiophene rings is 1. The molecule has 2 N–H and O–H groups in total. The Morgan fingerprint density at radius 2 is 1.71 bits per heavy atom. The molecule has 5 rings (SSSR count). The second-order valence-electron chi connectivity index (χ2n) is 9.91. The van der Waals surface area contributed by atoms with Gasteiger partial charge in [-0.1, -0.05) is 78.5 Å². The molecule has 0 spiro atoms. The lowest BCUT2D eigenvalue weighted by molar-refractivity contribution is 0.385. The molecule has 0 atom stereocenters. The lowest BCUT2D eigenvalue weighted by Crippen LogP contribution is -1.99. The van der Waals surface area contributed by atoms with Gasteiger partial charge in [-0.05, 0) is 91.9 Å². The van der Waals surface area contributed by atoms with Crippen LogP contribution < -0.4 is 10.5 Å². The third-order valence-corrected chi connectivity index (χ3v) is 8.33. The molecule has 0 unspecified atom stereocenters. The highest BCUT2D eigenvalue weighted by atomic mass is 32.1. The minimum atomic E-state index is -0.445. The summed E-state index contributed by atoms with van der Waals surface area (Å²) in [5.74, 6) is 1.29. The molecule has 4 aromatic rings. The summed E-state index contributed by atoms with van der Waals surface area (Å²) in [6.07, 6.45) is 9.73. The molecule has 1 saturated carbocycles. The minimum Gasteiger partial charge on any atom is -0.496 e. The molecule has 1 aliphatic rings. The SMILES string of the molecule is C=C(C)c1sc2cccc(F)c2c1C.CC.CC1CCCCC1.CCc1cc(-c2cccnc2F)ccc1OC.CN. The summed E-state index contributed by atoms with van der Waals surface area (Å²) in [6.45, 7) is 16.2. The first kappa shape index (κ1) is 36.9. The molecule has 0 radical (unpaired) electrons. The van der Waals surface area contributed by atoms with Crippen LogP contribution in [0.25, 0.3) is 26.8 Å². The number of fused-ring (bicyclic) bond motifs is 1. The fourth-order valence-corrected chi connectivity index (χ4v) is 5.94. The number of ether oxygens (including phenoxy) is 1. The zero-order chi connectivity index (χ0) is 31.7. The van der Waals surface area contributed by atoms with Crippen molar-refractivity contribution in [1.82, 2.24) is 4.98 Å². The summed E-state index contributed by atoms with van der Waals surface area (Å²) in [6, 6.07) is 14.3. The largest absolute Gasteiger partial charge is 0.496 e. The number of nitrogens with zero attached hydrogens (tertiary/aromatic N) is 1. The molecule has 2 aromatic heterocycles. The highest BCUT2D eigenvalue weighted by molar-refractivity contribution is 7.20. The van der Waals surface area contributed by atoms with Gasteiger partial charge in [0.05, 0.1) is 7.11 Å². The Bertz CT molecular complexity index is 1360. The molecule has 3 nitrogen and oxygen atoms in total. The number of pyridine rings is 1. The van der Waals surface area contributed by atoms with Crippen LogP contribution in [-0.4, -0.2) is 19.1 Å². The van der Waals surface area contributed by atoms with Gasteiger partial charge in [-0.25, -0.2) is 9.37 Å². The number of aromatic nitrogens is 1. The Morgan fingerprint density at radius 1 is 1.05 bits per heavy atom. The van der Waals surface area contributed by atoms with Crippen molar-refractivity contribution >= 4 is 27.0 Å². The van der Waals surface area contributed by atoms with E-state index >= 15 is 0 Å². The first-order valence-electron chi connectivity index (χ1n) is 15.0. The van der Waals surface area contributed by atoms with Crippen molar-refractivity contribution in [1.29, 1.82) is 0 Å². The van der Waals surface area contributed by atoms with Crippen molar-refractivity contribution < 1.29 is 13.5 Å². The average molecular weight is 597 g/mol. The Hall–Kier alpha value is -3.09. The normalized spacial score (nSPS) is 12.3. The predicted octanol–water partition coefficient (Wildman–Crippen LogP) is 11.0. The smallest absolute Gasteiger partial charge is 0.220 e. The molecule has 230 valence electrons. The van der Waals surface area contributed by atoms with Gasteiger partial charge in [-0.15, -0.1) is 11.3 Å². The van der Waals surface area contributed by atoms with Crippen LogP contribution in [0.4, 0.5) is 8.78 Å². The summed E-state index contributed by atoms with van der Waals surface area (Å²) >= 11 is 1.61. The highest BCUT2D eigenvalue weighted by Crippen LogP contribution is 2.35. The molecule has 42 heavy (non-hydrogen) atoms. The third kappa shape index (κ3) is 10.6. The zero-order valence-electron chi connectivity index (χ0n) is 26.8. The van der Waals surface area contributed by atoms with Crippen LogP contribution in [0.5, 0.6) is 5.75 Å². The maximum atomic E-state index is 13.6. The lowest BCUT2D eigenvalue weighted by atomic mass is 9.91. The Labute approximate surface area is 256 Å². The summed E-state index contributed by atoms with van der Waals surface area (Å²) < 4.78 is 33.3. The number of hydrogen-bond acceptors (Lipinski definition) is 4. The molecule has 0 aliphatic heterocycles. The topological polar surface area (TPSA) is 48.1 Å². The van der Waals surface area contributed by atoms with Crippen molar-refractivity contribution in [3.05, 3.63) is 89.1 Å². The molecular weight excluding hydrogens is 546 g/mol. The van der Waals surface area contributed by atoms with E-state index in [0.717, 1.165) is 55.3 Å². The van der Waals surface area contributed by atoms with Crippen molar-refractivity contribution in [2.24, 2.45) is 11.7 Å². The third-order valence-electron chi connectivity index (χ3n) is 6.92. The number of rotatable bonds is 4. The number of allylic oxidation sites excluding steroid dienone is 1. The fourth-order valence-electron chi connectivity index (χ4n) is 4.79. The molecule has 0 amide bonds. The van der Waals surface area contributed by atoms with E-state index in [2.05, 4.69) is 24.2 Å². The van der Waals surface area contributed by atoms with E-state index in [-0.39, 0.29) is 5.82 Å². The molecule has 2 heterocycles. The molecule has 1 fully saturated rings. The number of benzene rings is 2. The van der Waals surface area contributed by atoms with Crippen LogP contribution in [0.15, 0.2) is 61.3 Å². The van der Waals surface area contributed by atoms with Gasteiger partial charge in [0.2, 0.25) is 5.95 Å². The minimum absolute atomic E-state index is 0.135. The van der Waals surface area contributed by atoms with Crippen molar-refractivity contribution in [3.63, 3.8) is 0 Å². The molecule has 0 bridgehead atoms. The Balaban J connectivity index is 0.000000316. The molecule has 0 saturated heterocycles. The maximum Gasteiger partial charge on any atom is 0.220 e. The number of methoxy groups -OCH3 is 1. The Morgan fingerprint density at radius 3 is 2.21 bits per heavy atom. The quantitative estimate of drug-likeness (QED) is 0.238. The number of halogens is 2. The summed E-state index contributed by atoms with van der Waals surface area (Å²) in [4.78, 5) is 4.76. The summed E-state index contributed by atoms with van der Waals surface area (Å²) in [5, 5.41) is 0.746. The van der Waals surface area contributed by atoms with E-state index in [1.807, 2.05) is 58.9 Å². The number of nitrogens with two attached hydrogens (primary N) is 1. The standard InChI is InChI=1S/C14H14FNO.C12H11FS.C7H14.C2H6.CH5N/c1-3-10-9-11(6-7-13(10)17-2)12-5-4-8-16-14(12)15;1-7(2)12-8(3)11-9(13)5-4-6-10(11)14-12;1-7-5-3-2-4-6-7;2*1-2/h4-9H,3H2,1-2H3;4-6H,1H2,2-3H3;7H,2-6H2,1H3;1-2H3;2H2,1H3. The van der Waals surface area contributed by atoms with E-state index < -0.39 is 5.95 Å². The van der Waals surface area contributed by atoms with Gasteiger partial charge in [0.25, 0.3) is 0 Å². The highest BCUT2D eigenvalue weighted by Gasteiger charge is 2.12. The van der Waals surface area contributed by atoms with Crippen LogP contribution in [0.1, 0.15) is 82.7 Å². The van der Waals surface area contributed by atoms with Gasteiger partial charge in [-0.2, -0.15) is 4.39 Å². The van der Waals surface area contributed by atoms with E-state index in [9.17, 15) is 8.78 Å². The number of aryl methyl sites for hydroxylation is 2. The first-order chi connectivity index (χ1) is 20.3. The zero-order valence-corrected chi connectivity index (χ0v) is 27.6. The van der Waals surface area contributed by atoms with Crippen LogP contribution in [0.3, 0.4) is 0 Å².